The number of hydrogen-bond acceptors (Lipinski definition) is 3. The van der Waals surface area contributed by atoms with Crippen LogP contribution in [0.4, 0.5) is 10.1 Å². The molecule has 0 fully saturated rings. The van der Waals surface area contributed by atoms with Crippen LogP contribution in [-0.2, 0) is 9.53 Å². The lowest BCUT2D eigenvalue weighted by atomic mass is 9.70. The van der Waals surface area contributed by atoms with Crippen molar-refractivity contribution in [2.75, 3.05) is 5.32 Å². The van der Waals surface area contributed by atoms with Gasteiger partial charge < -0.3 is 10.1 Å². The molecule has 3 rings (SSSR count). The Morgan fingerprint density at radius 3 is 2.46 bits per heavy atom. The molecule has 0 spiro atoms. The number of anilines is 1. The number of hydrogen-bond donors (Lipinski definition) is 1. The van der Waals surface area contributed by atoms with Crippen LogP contribution < -0.4 is 5.32 Å². The Labute approximate surface area is 141 Å². The van der Waals surface area contributed by atoms with Gasteiger partial charge in [-0.1, -0.05) is 43.7 Å². The molecule has 0 saturated heterocycles. The third-order valence-electron chi connectivity index (χ3n) is 4.70. The SMILES string of the molecule is CC(=O)O[C@@H]1c2cc(C)ccc2N[C@@H](c2ccc(F)cc2)C1(C)C. The fourth-order valence-electron chi connectivity index (χ4n) is 3.47. The maximum Gasteiger partial charge on any atom is 0.303 e. The molecule has 1 N–H and O–H groups in total. The van der Waals surface area contributed by atoms with E-state index in [0.717, 1.165) is 22.4 Å². The minimum Gasteiger partial charge on any atom is -0.457 e. The smallest absolute Gasteiger partial charge is 0.303 e. The maximum absolute atomic E-state index is 13.3. The zero-order valence-electron chi connectivity index (χ0n) is 14.4. The summed E-state index contributed by atoms with van der Waals surface area (Å²) in [6.07, 6.45) is -0.374. The van der Waals surface area contributed by atoms with Gasteiger partial charge in [0, 0.05) is 23.6 Å². The van der Waals surface area contributed by atoms with Crippen molar-refractivity contribution in [2.24, 2.45) is 5.41 Å². The number of nitrogens with one attached hydrogen (secondary N) is 1. The Bertz CT molecular complexity index is 768. The number of fused-ring (bicyclic) bond motifs is 1. The Balaban J connectivity index is 2.11. The van der Waals surface area contributed by atoms with Crippen molar-refractivity contribution in [3.05, 3.63) is 65.0 Å². The van der Waals surface area contributed by atoms with E-state index < -0.39 is 5.41 Å². The summed E-state index contributed by atoms with van der Waals surface area (Å²) in [6, 6.07) is 12.5. The van der Waals surface area contributed by atoms with E-state index in [1.165, 1.54) is 19.1 Å². The van der Waals surface area contributed by atoms with Crippen LogP contribution in [0.15, 0.2) is 42.5 Å². The van der Waals surface area contributed by atoms with Gasteiger partial charge in [-0.3, -0.25) is 4.79 Å². The van der Waals surface area contributed by atoms with Crippen molar-refractivity contribution < 1.29 is 13.9 Å². The Hall–Kier alpha value is -2.36. The van der Waals surface area contributed by atoms with Crippen LogP contribution in [0, 0.1) is 18.2 Å². The van der Waals surface area contributed by atoms with Gasteiger partial charge >= 0.3 is 5.97 Å². The fourth-order valence-corrected chi connectivity index (χ4v) is 3.47. The van der Waals surface area contributed by atoms with Crippen LogP contribution in [-0.4, -0.2) is 5.97 Å². The topological polar surface area (TPSA) is 38.3 Å². The molecular formula is C20H22FNO2. The first-order chi connectivity index (χ1) is 11.3. The molecule has 3 nitrogen and oxygen atoms in total. The maximum atomic E-state index is 13.3. The second kappa shape index (κ2) is 5.93. The molecule has 0 radical (unpaired) electrons. The van der Waals surface area contributed by atoms with E-state index in [4.69, 9.17) is 4.74 Å². The van der Waals surface area contributed by atoms with Crippen LogP contribution in [0.5, 0.6) is 0 Å². The molecule has 0 aromatic heterocycles. The van der Waals surface area contributed by atoms with Gasteiger partial charge in [0.2, 0.25) is 0 Å². The van der Waals surface area contributed by atoms with Gasteiger partial charge in [-0.05, 0) is 30.7 Å². The van der Waals surface area contributed by atoms with Gasteiger partial charge in [0.05, 0.1) is 6.04 Å². The highest BCUT2D eigenvalue weighted by Gasteiger charge is 2.46. The van der Waals surface area contributed by atoms with E-state index in [0.29, 0.717) is 0 Å². The summed E-state index contributed by atoms with van der Waals surface area (Å²) < 4.78 is 19.0. The first kappa shape index (κ1) is 16.5. The summed E-state index contributed by atoms with van der Waals surface area (Å²) in [5, 5.41) is 3.54. The van der Waals surface area contributed by atoms with Gasteiger partial charge in [-0.15, -0.1) is 0 Å². The number of halogens is 1. The quantitative estimate of drug-likeness (QED) is 0.795. The Kier molecular flexibility index (Phi) is 4.08. The van der Waals surface area contributed by atoms with Crippen LogP contribution >= 0.6 is 0 Å². The van der Waals surface area contributed by atoms with Crippen molar-refractivity contribution in [2.45, 2.75) is 39.8 Å². The molecule has 2 aromatic rings. The predicted molar refractivity (Wildman–Crippen MR) is 92.2 cm³/mol. The van der Waals surface area contributed by atoms with Gasteiger partial charge in [0.15, 0.2) is 0 Å². The van der Waals surface area contributed by atoms with Gasteiger partial charge in [-0.2, -0.15) is 0 Å². The molecule has 1 heterocycles. The standard InChI is InChI=1S/C20H22FNO2/c1-12-5-10-17-16(11-12)19(24-13(2)23)20(3,4)18(22-17)14-6-8-15(21)9-7-14/h5-11,18-19,22H,1-4H3/t18-,19+/m0/s1. The lowest BCUT2D eigenvalue weighted by Crippen LogP contribution is -2.40. The van der Waals surface area contributed by atoms with Crippen LogP contribution in [0.1, 0.15) is 49.6 Å². The van der Waals surface area contributed by atoms with Gasteiger partial charge in [-0.25, -0.2) is 4.39 Å². The van der Waals surface area contributed by atoms with Crippen molar-refractivity contribution in [1.82, 2.24) is 0 Å². The average molecular weight is 327 g/mol. The molecule has 126 valence electrons. The van der Waals surface area contributed by atoms with Gasteiger partial charge in [0.1, 0.15) is 11.9 Å². The van der Waals surface area contributed by atoms with Crippen LogP contribution in [0.3, 0.4) is 0 Å². The molecule has 0 amide bonds. The molecule has 4 heteroatoms. The lowest BCUT2D eigenvalue weighted by molar-refractivity contribution is -0.154. The van der Waals surface area contributed by atoms with Crippen LogP contribution in [0.25, 0.3) is 0 Å². The van der Waals surface area contributed by atoms with Crippen molar-refractivity contribution in [3.63, 3.8) is 0 Å². The molecule has 0 aliphatic carbocycles. The third kappa shape index (κ3) is 2.88. The first-order valence-electron chi connectivity index (χ1n) is 8.09. The molecule has 2 aromatic carbocycles. The number of ether oxygens (including phenoxy) is 1. The molecular weight excluding hydrogens is 305 g/mol. The number of esters is 1. The number of rotatable bonds is 2. The molecule has 1 aliphatic heterocycles. The highest BCUT2D eigenvalue weighted by Crippen LogP contribution is 2.53. The number of aryl methyl sites for hydroxylation is 1. The minimum atomic E-state index is -0.399. The zero-order chi connectivity index (χ0) is 17.5. The average Bonchev–Trinajstić information content (AvgIpc) is 2.51. The monoisotopic (exact) mass is 327 g/mol. The van der Waals surface area contributed by atoms with E-state index >= 15 is 0 Å². The summed E-state index contributed by atoms with van der Waals surface area (Å²) in [4.78, 5) is 11.7. The zero-order valence-corrected chi connectivity index (χ0v) is 14.4. The highest BCUT2D eigenvalue weighted by molar-refractivity contribution is 5.68. The normalized spacial score (nSPS) is 21.5. The molecule has 0 unspecified atom stereocenters. The summed E-state index contributed by atoms with van der Waals surface area (Å²) in [5.74, 6) is -0.569. The summed E-state index contributed by atoms with van der Waals surface area (Å²) in [5.41, 5.74) is 3.60. The Morgan fingerprint density at radius 2 is 1.83 bits per heavy atom. The molecule has 0 bridgehead atoms. The molecule has 24 heavy (non-hydrogen) atoms. The number of benzene rings is 2. The fraction of sp³-hybridized carbons (Fsp3) is 0.350. The second-order valence-corrected chi connectivity index (χ2v) is 7.03. The summed E-state index contributed by atoms with van der Waals surface area (Å²) in [7, 11) is 0. The van der Waals surface area contributed by atoms with E-state index in [9.17, 15) is 9.18 Å². The predicted octanol–water partition coefficient (Wildman–Crippen LogP) is 4.93. The summed E-state index contributed by atoms with van der Waals surface area (Å²) in [6.45, 7) is 7.57. The number of carbonyl (C=O) groups excluding carboxylic acids is 1. The van der Waals surface area contributed by atoms with E-state index in [1.54, 1.807) is 12.1 Å². The van der Waals surface area contributed by atoms with Gasteiger partial charge in [0.25, 0.3) is 0 Å². The lowest BCUT2D eigenvalue weighted by Gasteiger charge is -2.46. The third-order valence-corrected chi connectivity index (χ3v) is 4.70. The van der Waals surface area contributed by atoms with E-state index in [1.807, 2.05) is 19.1 Å². The van der Waals surface area contributed by atoms with Crippen molar-refractivity contribution in [1.29, 1.82) is 0 Å². The Morgan fingerprint density at radius 1 is 1.17 bits per heavy atom. The first-order valence-corrected chi connectivity index (χ1v) is 8.09. The largest absolute Gasteiger partial charge is 0.457 e. The molecule has 1 aliphatic rings. The minimum absolute atomic E-state index is 0.0994. The highest BCUT2D eigenvalue weighted by atomic mass is 19.1. The second-order valence-electron chi connectivity index (χ2n) is 7.03. The summed E-state index contributed by atoms with van der Waals surface area (Å²) >= 11 is 0. The number of carbonyl (C=O) groups is 1. The molecule has 2 atom stereocenters. The molecule has 0 saturated carbocycles. The van der Waals surface area contributed by atoms with Crippen molar-refractivity contribution in [3.8, 4) is 0 Å². The van der Waals surface area contributed by atoms with E-state index in [2.05, 4.69) is 25.2 Å². The van der Waals surface area contributed by atoms with Crippen molar-refractivity contribution >= 4 is 11.7 Å². The van der Waals surface area contributed by atoms with Crippen LogP contribution in [0.2, 0.25) is 0 Å². The van der Waals surface area contributed by atoms with E-state index in [-0.39, 0.29) is 23.9 Å².